The molecule has 28 heavy (non-hydrogen) atoms. The van der Waals surface area contributed by atoms with Gasteiger partial charge >= 0.3 is 5.69 Å². The number of aromatic amines is 1. The number of fused-ring (bicyclic) bond motifs is 1. The van der Waals surface area contributed by atoms with Crippen molar-refractivity contribution in [2.45, 2.75) is 37.5 Å². The van der Waals surface area contributed by atoms with Crippen molar-refractivity contribution < 1.29 is 18.3 Å². The topological polar surface area (TPSA) is 85.3 Å². The second-order valence-corrected chi connectivity index (χ2v) is 7.03. The third kappa shape index (κ3) is 3.19. The van der Waals surface area contributed by atoms with Gasteiger partial charge in [0, 0.05) is 31.2 Å². The summed E-state index contributed by atoms with van der Waals surface area (Å²) in [7, 11) is 1.43. The first-order valence-corrected chi connectivity index (χ1v) is 9.19. The van der Waals surface area contributed by atoms with Gasteiger partial charge in [0.2, 0.25) is 0 Å². The Hall–Kier alpha value is -2.68. The minimum absolute atomic E-state index is 0.0759. The molecule has 0 amide bonds. The molecule has 3 heterocycles. The predicted octanol–water partition coefficient (Wildman–Crippen LogP) is 2.08. The summed E-state index contributed by atoms with van der Waals surface area (Å²) in [5, 5.41) is 2.80. The van der Waals surface area contributed by atoms with Crippen LogP contribution in [-0.2, 0) is 11.2 Å². The molecule has 0 bridgehead atoms. The third-order valence-corrected chi connectivity index (χ3v) is 5.38. The molecule has 0 saturated carbocycles. The van der Waals surface area contributed by atoms with Gasteiger partial charge < -0.3 is 14.8 Å². The number of hydrogen-bond acceptors (Lipinski definition) is 5. The third-order valence-electron chi connectivity index (χ3n) is 5.38. The summed E-state index contributed by atoms with van der Waals surface area (Å²) in [5.74, 6) is -0.0682. The van der Waals surface area contributed by atoms with Crippen LogP contribution in [0.5, 0.6) is 5.75 Å². The van der Waals surface area contributed by atoms with E-state index in [-0.39, 0.29) is 29.4 Å². The Morgan fingerprint density at radius 3 is 2.71 bits per heavy atom. The number of halogens is 2. The monoisotopic (exact) mass is 393 g/mol. The molecular formula is C19H21F2N3O4. The molecule has 2 aromatic rings. The number of alkyl halides is 1. The summed E-state index contributed by atoms with van der Waals surface area (Å²) in [4.78, 5) is 28.1. The molecule has 0 radical (unpaired) electrons. The average molecular weight is 393 g/mol. The molecule has 9 heteroatoms. The van der Waals surface area contributed by atoms with Gasteiger partial charge in [0.1, 0.15) is 23.6 Å². The minimum atomic E-state index is -1.55. The van der Waals surface area contributed by atoms with Gasteiger partial charge in [0.05, 0.1) is 18.7 Å². The van der Waals surface area contributed by atoms with E-state index in [0.29, 0.717) is 31.8 Å². The Morgan fingerprint density at radius 2 is 2.00 bits per heavy atom. The van der Waals surface area contributed by atoms with E-state index in [2.05, 4.69) is 10.3 Å². The standard InChI is InChI=1S/C19H21F2N3O4/c1-27-11-2-3-14(20)12(8-11)16-15(21)9-13-17(22-16)23-19(26)24(18(13)25)10-4-6-28-7-5-10/h2-3,8,10,15-16,22H,4-7,9H2,1H3,(H,23,26)/t15-,16+/m1/s1. The number of hydrogen-bond donors (Lipinski definition) is 2. The van der Waals surface area contributed by atoms with Gasteiger partial charge in [-0.3, -0.25) is 14.3 Å². The van der Waals surface area contributed by atoms with E-state index in [1.54, 1.807) is 0 Å². The Bertz CT molecular complexity index is 998. The van der Waals surface area contributed by atoms with E-state index in [4.69, 9.17) is 9.47 Å². The SMILES string of the molecule is COc1ccc(F)c([C@@H]2Nc3[nH]c(=O)n(C4CCOCC4)c(=O)c3C[C@H]2F)c1. The summed E-state index contributed by atoms with van der Waals surface area (Å²) >= 11 is 0. The van der Waals surface area contributed by atoms with Crippen molar-refractivity contribution in [3.63, 3.8) is 0 Å². The summed E-state index contributed by atoms with van der Waals surface area (Å²) in [5.41, 5.74) is -0.833. The van der Waals surface area contributed by atoms with Gasteiger partial charge in [-0.25, -0.2) is 13.6 Å². The first-order chi connectivity index (χ1) is 13.5. The lowest BCUT2D eigenvalue weighted by molar-refractivity contribution is 0.0673. The van der Waals surface area contributed by atoms with Crippen molar-refractivity contribution in [3.8, 4) is 5.75 Å². The number of aromatic nitrogens is 2. The van der Waals surface area contributed by atoms with E-state index >= 15 is 0 Å². The highest BCUT2D eigenvalue weighted by molar-refractivity contribution is 5.50. The smallest absolute Gasteiger partial charge is 0.330 e. The molecule has 0 aliphatic carbocycles. The van der Waals surface area contributed by atoms with E-state index in [1.165, 1.54) is 25.3 Å². The molecule has 2 aliphatic heterocycles. The Labute approximate surface area is 159 Å². The maximum atomic E-state index is 15.0. The highest BCUT2D eigenvalue weighted by atomic mass is 19.1. The number of rotatable bonds is 3. The van der Waals surface area contributed by atoms with Crippen molar-refractivity contribution in [2.24, 2.45) is 0 Å². The highest BCUT2D eigenvalue weighted by Crippen LogP contribution is 2.34. The molecule has 4 rings (SSSR count). The van der Waals surface area contributed by atoms with Crippen molar-refractivity contribution in [3.05, 3.63) is 56.0 Å². The predicted molar refractivity (Wildman–Crippen MR) is 98.3 cm³/mol. The zero-order chi connectivity index (χ0) is 19.8. The molecule has 150 valence electrons. The van der Waals surface area contributed by atoms with Crippen LogP contribution in [0.4, 0.5) is 14.6 Å². The van der Waals surface area contributed by atoms with E-state index in [1.807, 2.05) is 0 Å². The second kappa shape index (κ2) is 7.38. The fourth-order valence-electron chi connectivity index (χ4n) is 3.89. The molecule has 1 aromatic carbocycles. The van der Waals surface area contributed by atoms with Gasteiger partial charge in [0.15, 0.2) is 0 Å². The summed E-state index contributed by atoms with van der Waals surface area (Å²) in [6.07, 6.45) is -0.670. The molecule has 1 aromatic heterocycles. The quantitative estimate of drug-likeness (QED) is 0.834. The maximum Gasteiger partial charge on any atom is 0.330 e. The lowest BCUT2D eigenvalue weighted by Gasteiger charge is -2.31. The number of methoxy groups -OCH3 is 1. The fraction of sp³-hybridized carbons (Fsp3) is 0.474. The molecule has 0 unspecified atom stereocenters. The van der Waals surface area contributed by atoms with Gasteiger partial charge in [0.25, 0.3) is 5.56 Å². The molecule has 2 aliphatic rings. The van der Waals surface area contributed by atoms with Crippen LogP contribution in [0.15, 0.2) is 27.8 Å². The van der Waals surface area contributed by atoms with Crippen LogP contribution in [0.2, 0.25) is 0 Å². The number of anilines is 1. The normalized spacial score (nSPS) is 22.4. The molecule has 1 fully saturated rings. The number of benzene rings is 1. The zero-order valence-corrected chi connectivity index (χ0v) is 15.3. The van der Waals surface area contributed by atoms with Crippen molar-refractivity contribution in [1.29, 1.82) is 0 Å². The van der Waals surface area contributed by atoms with Crippen molar-refractivity contribution >= 4 is 5.82 Å². The number of nitrogens with one attached hydrogen (secondary N) is 2. The van der Waals surface area contributed by atoms with Crippen molar-refractivity contribution in [1.82, 2.24) is 9.55 Å². The number of nitrogens with zero attached hydrogens (tertiary/aromatic N) is 1. The largest absolute Gasteiger partial charge is 0.497 e. The van der Waals surface area contributed by atoms with Crippen LogP contribution >= 0.6 is 0 Å². The van der Waals surface area contributed by atoms with Gasteiger partial charge in [-0.2, -0.15) is 0 Å². The molecule has 2 N–H and O–H groups in total. The maximum absolute atomic E-state index is 15.0. The van der Waals surface area contributed by atoms with E-state index < -0.39 is 29.3 Å². The Morgan fingerprint density at radius 1 is 1.25 bits per heavy atom. The van der Waals surface area contributed by atoms with Crippen LogP contribution in [0.3, 0.4) is 0 Å². The van der Waals surface area contributed by atoms with Crippen molar-refractivity contribution in [2.75, 3.05) is 25.6 Å². The molecule has 2 atom stereocenters. The second-order valence-electron chi connectivity index (χ2n) is 7.03. The summed E-state index contributed by atoms with van der Waals surface area (Å²) < 4.78 is 40.8. The molecule has 1 saturated heterocycles. The number of ether oxygens (including phenoxy) is 2. The number of H-pyrrole nitrogens is 1. The van der Waals surface area contributed by atoms with Gasteiger partial charge in [-0.15, -0.1) is 0 Å². The minimum Gasteiger partial charge on any atom is -0.497 e. The summed E-state index contributed by atoms with van der Waals surface area (Å²) in [6.45, 7) is 0.934. The fourth-order valence-corrected chi connectivity index (χ4v) is 3.89. The van der Waals surface area contributed by atoms with Crippen LogP contribution in [-0.4, -0.2) is 36.0 Å². The Kier molecular flexibility index (Phi) is 4.92. The van der Waals surface area contributed by atoms with Crippen LogP contribution in [0.25, 0.3) is 0 Å². The molecule has 0 spiro atoms. The van der Waals surface area contributed by atoms with Crippen LogP contribution in [0, 0.1) is 5.82 Å². The molecular weight excluding hydrogens is 372 g/mol. The molecule has 7 nitrogen and oxygen atoms in total. The summed E-state index contributed by atoms with van der Waals surface area (Å²) in [6, 6.07) is 2.73. The van der Waals surface area contributed by atoms with E-state index in [0.717, 1.165) is 4.57 Å². The zero-order valence-electron chi connectivity index (χ0n) is 15.3. The highest BCUT2D eigenvalue weighted by Gasteiger charge is 2.35. The van der Waals surface area contributed by atoms with Crippen LogP contribution in [0.1, 0.15) is 36.1 Å². The Balaban J connectivity index is 1.73. The lowest BCUT2D eigenvalue weighted by atomic mass is 9.93. The van der Waals surface area contributed by atoms with Gasteiger partial charge in [-0.1, -0.05) is 0 Å². The van der Waals surface area contributed by atoms with E-state index in [9.17, 15) is 18.4 Å². The van der Waals surface area contributed by atoms with Gasteiger partial charge in [-0.05, 0) is 31.0 Å². The first kappa shape index (κ1) is 18.7. The average Bonchev–Trinajstić information content (AvgIpc) is 2.70. The van der Waals surface area contributed by atoms with Crippen LogP contribution < -0.4 is 21.3 Å². The first-order valence-electron chi connectivity index (χ1n) is 9.19. The lowest BCUT2D eigenvalue weighted by Crippen LogP contribution is -2.45.